The summed E-state index contributed by atoms with van der Waals surface area (Å²) in [5.74, 6) is 0.0580. The molecule has 1 heterocycles. The second-order valence-electron chi connectivity index (χ2n) is 3.81. The number of ether oxygens (including phenoxy) is 2. The van der Waals surface area contributed by atoms with Gasteiger partial charge < -0.3 is 20.3 Å². The summed E-state index contributed by atoms with van der Waals surface area (Å²) in [4.78, 5) is 11.8. The molecule has 1 aromatic carbocycles. The smallest absolute Gasteiger partial charge is 0.322 e. The van der Waals surface area contributed by atoms with Crippen LogP contribution in [-0.4, -0.2) is 34.3 Å². The van der Waals surface area contributed by atoms with Crippen molar-refractivity contribution in [3.05, 3.63) is 34.6 Å². The summed E-state index contributed by atoms with van der Waals surface area (Å²) >= 11 is 5.92. The van der Waals surface area contributed by atoms with Gasteiger partial charge in [-0.25, -0.2) is 0 Å². The second-order valence-corrected chi connectivity index (χ2v) is 4.22. The van der Waals surface area contributed by atoms with Gasteiger partial charge in [0.25, 0.3) is 0 Å². The molecule has 0 saturated heterocycles. The number of nitrogens with two attached hydrogens (primary N) is 1. The molecule has 2 rings (SSSR count). The lowest BCUT2D eigenvalue weighted by molar-refractivity contribution is 0.204. The largest absolute Gasteiger partial charge is 0.467 e. The lowest BCUT2D eigenvalue weighted by Crippen LogP contribution is -2.11. The summed E-state index contributed by atoms with van der Waals surface area (Å²) in [5, 5.41) is 10.7. The minimum absolute atomic E-state index is 0.0338. The topological polar surface area (TPSA) is 103 Å². The zero-order valence-electron chi connectivity index (χ0n) is 10.9. The fraction of sp³-hybridized carbons (Fsp3) is 0.250. The first-order valence-electron chi connectivity index (χ1n) is 5.62. The first-order valence-corrected chi connectivity index (χ1v) is 6.00. The van der Waals surface area contributed by atoms with Gasteiger partial charge in [-0.15, -0.1) is 4.98 Å². The Labute approximate surface area is 120 Å². The Hall–Kier alpha value is -2.12. The predicted molar refractivity (Wildman–Crippen MR) is 72.9 cm³/mol. The molecule has 0 amide bonds. The van der Waals surface area contributed by atoms with E-state index >= 15 is 0 Å². The average Bonchev–Trinajstić information content (AvgIpc) is 2.48. The fourth-order valence-corrected chi connectivity index (χ4v) is 1.77. The van der Waals surface area contributed by atoms with Crippen LogP contribution >= 0.6 is 11.6 Å². The van der Waals surface area contributed by atoms with Crippen molar-refractivity contribution in [3.8, 4) is 12.0 Å². The van der Waals surface area contributed by atoms with E-state index in [0.29, 0.717) is 10.6 Å². The Kier molecular flexibility index (Phi) is 4.21. The third-order valence-corrected chi connectivity index (χ3v) is 2.93. The molecule has 3 N–H and O–H groups in total. The third kappa shape index (κ3) is 2.73. The van der Waals surface area contributed by atoms with Crippen molar-refractivity contribution in [2.75, 3.05) is 20.0 Å². The Balaban J connectivity index is 2.47. The van der Waals surface area contributed by atoms with Gasteiger partial charge in [0.1, 0.15) is 6.10 Å². The fourth-order valence-electron chi connectivity index (χ4n) is 1.59. The molecule has 0 aliphatic heterocycles. The maximum absolute atomic E-state index is 10.3. The molecule has 0 aliphatic rings. The molecule has 8 heteroatoms. The molecule has 0 saturated carbocycles. The Morgan fingerprint density at radius 2 is 1.75 bits per heavy atom. The van der Waals surface area contributed by atoms with Crippen molar-refractivity contribution in [1.29, 1.82) is 0 Å². The standard InChI is InChI=1S/C12H13ClN4O3/c1-19-11-15-10(16-12(17-11)20-2)9(18)6-4-3-5-7(13)8(6)14/h3-5,9,18H,14H2,1-2H3. The van der Waals surface area contributed by atoms with Gasteiger partial charge in [0.05, 0.1) is 24.9 Å². The van der Waals surface area contributed by atoms with Crippen molar-refractivity contribution >= 4 is 17.3 Å². The molecule has 106 valence electrons. The van der Waals surface area contributed by atoms with E-state index in [4.69, 9.17) is 26.8 Å². The van der Waals surface area contributed by atoms with Crippen LogP contribution in [0, 0.1) is 0 Å². The molecular weight excluding hydrogens is 284 g/mol. The molecule has 0 spiro atoms. The molecule has 0 radical (unpaired) electrons. The highest BCUT2D eigenvalue weighted by molar-refractivity contribution is 6.33. The summed E-state index contributed by atoms with van der Waals surface area (Å²) in [6, 6.07) is 5.00. The van der Waals surface area contributed by atoms with E-state index in [-0.39, 0.29) is 23.5 Å². The van der Waals surface area contributed by atoms with Gasteiger partial charge in [0.15, 0.2) is 5.82 Å². The molecule has 0 aliphatic carbocycles. The quantitative estimate of drug-likeness (QED) is 0.817. The normalized spacial score (nSPS) is 12.0. The summed E-state index contributed by atoms with van der Waals surface area (Å²) in [5.41, 5.74) is 6.50. The SMILES string of the molecule is COc1nc(OC)nc(C(O)c2cccc(Cl)c2N)n1. The van der Waals surface area contributed by atoms with E-state index in [1.807, 2.05) is 0 Å². The van der Waals surface area contributed by atoms with E-state index in [1.165, 1.54) is 14.2 Å². The van der Waals surface area contributed by atoms with Crippen molar-refractivity contribution in [1.82, 2.24) is 15.0 Å². The number of para-hydroxylation sites is 1. The summed E-state index contributed by atoms with van der Waals surface area (Å²) < 4.78 is 9.85. The van der Waals surface area contributed by atoms with Gasteiger partial charge in [0.2, 0.25) is 0 Å². The molecule has 7 nitrogen and oxygen atoms in total. The number of anilines is 1. The minimum Gasteiger partial charge on any atom is -0.467 e. The van der Waals surface area contributed by atoms with Crippen LogP contribution < -0.4 is 15.2 Å². The molecule has 0 fully saturated rings. The molecule has 1 atom stereocenters. The summed E-state index contributed by atoms with van der Waals surface area (Å²) in [6.07, 6.45) is -1.17. The van der Waals surface area contributed by atoms with Crippen LogP contribution in [0.5, 0.6) is 12.0 Å². The van der Waals surface area contributed by atoms with E-state index in [1.54, 1.807) is 18.2 Å². The monoisotopic (exact) mass is 296 g/mol. The van der Waals surface area contributed by atoms with E-state index in [0.717, 1.165) is 0 Å². The molecule has 20 heavy (non-hydrogen) atoms. The van der Waals surface area contributed by atoms with Gasteiger partial charge >= 0.3 is 12.0 Å². The summed E-state index contributed by atoms with van der Waals surface area (Å²) in [6.45, 7) is 0. The van der Waals surface area contributed by atoms with Gasteiger partial charge in [0, 0.05) is 5.56 Å². The Bertz CT molecular complexity index is 601. The van der Waals surface area contributed by atoms with Gasteiger partial charge in [-0.1, -0.05) is 23.7 Å². The van der Waals surface area contributed by atoms with E-state index < -0.39 is 6.10 Å². The number of hydrogen-bond donors (Lipinski definition) is 2. The third-order valence-electron chi connectivity index (χ3n) is 2.60. The lowest BCUT2D eigenvalue weighted by atomic mass is 10.1. The van der Waals surface area contributed by atoms with Crippen molar-refractivity contribution in [2.24, 2.45) is 0 Å². The molecule has 1 aromatic heterocycles. The van der Waals surface area contributed by atoms with Crippen LogP contribution in [0.1, 0.15) is 17.5 Å². The second kappa shape index (κ2) is 5.89. The van der Waals surface area contributed by atoms with E-state index in [9.17, 15) is 5.11 Å². The maximum Gasteiger partial charge on any atom is 0.322 e. The molecular formula is C12H13ClN4O3. The molecule has 2 aromatic rings. The number of benzene rings is 1. The summed E-state index contributed by atoms with van der Waals surface area (Å²) in [7, 11) is 2.80. The number of halogens is 1. The Morgan fingerprint density at radius 1 is 1.15 bits per heavy atom. The first kappa shape index (κ1) is 14.3. The number of hydrogen-bond acceptors (Lipinski definition) is 7. The molecule has 0 bridgehead atoms. The van der Waals surface area contributed by atoms with Crippen LogP contribution in [0.15, 0.2) is 18.2 Å². The highest BCUT2D eigenvalue weighted by Gasteiger charge is 2.20. The van der Waals surface area contributed by atoms with Gasteiger partial charge in [-0.3, -0.25) is 0 Å². The van der Waals surface area contributed by atoms with Gasteiger partial charge in [-0.2, -0.15) is 9.97 Å². The van der Waals surface area contributed by atoms with E-state index in [2.05, 4.69) is 15.0 Å². The number of aromatic nitrogens is 3. The number of methoxy groups -OCH3 is 2. The number of nitrogens with zero attached hydrogens (tertiary/aromatic N) is 3. The Morgan fingerprint density at radius 3 is 2.30 bits per heavy atom. The molecule has 1 unspecified atom stereocenters. The first-order chi connectivity index (χ1) is 9.56. The highest BCUT2D eigenvalue weighted by atomic mass is 35.5. The van der Waals surface area contributed by atoms with Crippen molar-refractivity contribution in [2.45, 2.75) is 6.10 Å². The lowest BCUT2D eigenvalue weighted by Gasteiger charge is -2.14. The van der Waals surface area contributed by atoms with Crippen LogP contribution in [0.4, 0.5) is 5.69 Å². The van der Waals surface area contributed by atoms with Crippen LogP contribution in [-0.2, 0) is 0 Å². The highest BCUT2D eigenvalue weighted by Crippen LogP contribution is 2.30. The number of aliphatic hydroxyl groups excluding tert-OH is 1. The predicted octanol–water partition coefficient (Wildman–Crippen LogP) is 1.21. The minimum atomic E-state index is -1.17. The van der Waals surface area contributed by atoms with Crippen LogP contribution in [0.25, 0.3) is 0 Å². The number of nitrogen functional groups attached to an aromatic ring is 1. The van der Waals surface area contributed by atoms with Gasteiger partial charge in [-0.05, 0) is 6.07 Å². The van der Waals surface area contributed by atoms with Crippen LogP contribution in [0.2, 0.25) is 5.02 Å². The average molecular weight is 297 g/mol. The number of rotatable bonds is 4. The zero-order valence-corrected chi connectivity index (χ0v) is 11.6. The van der Waals surface area contributed by atoms with Crippen molar-refractivity contribution < 1.29 is 14.6 Å². The zero-order chi connectivity index (χ0) is 14.7. The van der Waals surface area contributed by atoms with Crippen LogP contribution in [0.3, 0.4) is 0 Å². The van der Waals surface area contributed by atoms with Crippen molar-refractivity contribution in [3.63, 3.8) is 0 Å². The maximum atomic E-state index is 10.3. The number of aliphatic hydroxyl groups is 1.